The normalized spacial score (nSPS) is 11.8. The van der Waals surface area contributed by atoms with Gasteiger partial charge in [-0.3, -0.25) is 0 Å². The molecule has 0 saturated heterocycles. The van der Waals surface area contributed by atoms with Crippen molar-refractivity contribution < 1.29 is 9.47 Å². The molecular formula is C22H29NO2. The van der Waals surface area contributed by atoms with E-state index in [0.29, 0.717) is 12.5 Å². The topological polar surface area (TPSA) is 30.5 Å². The van der Waals surface area contributed by atoms with Gasteiger partial charge in [-0.05, 0) is 49.1 Å². The number of ether oxygens (including phenoxy) is 2. The lowest BCUT2D eigenvalue weighted by molar-refractivity contribution is 0.296. The average molecular weight is 339 g/mol. The van der Waals surface area contributed by atoms with Crippen molar-refractivity contribution in [2.75, 3.05) is 13.7 Å². The minimum Gasteiger partial charge on any atom is -0.496 e. The van der Waals surface area contributed by atoms with E-state index in [1.807, 2.05) is 42.5 Å². The highest BCUT2D eigenvalue weighted by molar-refractivity contribution is 5.33. The summed E-state index contributed by atoms with van der Waals surface area (Å²) in [7, 11) is 1.68. The molecule has 1 unspecified atom stereocenters. The highest BCUT2D eigenvalue weighted by Gasteiger charge is 2.03. The second-order valence-corrected chi connectivity index (χ2v) is 6.34. The van der Waals surface area contributed by atoms with Crippen molar-refractivity contribution in [2.24, 2.45) is 5.92 Å². The largest absolute Gasteiger partial charge is 0.496 e. The molecule has 0 aliphatic carbocycles. The maximum Gasteiger partial charge on any atom is 0.125 e. The van der Waals surface area contributed by atoms with Crippen LogP contribution in [0.5, 0.6) is 11.5 Å². The number of allylic oxidation sites excluding steroid dienone is 1. The fraction of sp³-hybridized carbons (Fsp3) is 0.364. The summed E-state index contributed by atoms with van der Waals surface area (Å²) >= 11 is 0. The summed E-state index contributed by atoms with van der Waals surface area (Å²) in [4.78, 5) is 0. The molecule has 134 valence electrons. The van der Waals surface area contributed by atoms with E-state index in [0.717, 1.165) is 36.6 Å². The van der Waals surface area contributed by atoms with Crippen LogP contribution in [0.15, 0.2) is 61.2 Å². The van der Waals surface area contributed by atoms with Crippen LogP contribution in [-0.2, 0) is 13.2 Å². The number of para-hydroxylation sites is 1. The minimum atomic E-state index is 0.503. The summed E-state index contributed by atoms with van der Waals surface area (Å²) < 4.78 is 11.2. The molecule has 2 aromatic carbocycles. The second kappa shape index (κ2) is 10.6. The second-order valence-electron chi connectivity index (χ2n) is 6.34. The van der Waals surface area contributed by atoms with Crippen molar-refractivity contribution in [1.29, 1.82) is 0 Å². The number of benzene rings is 2. The van der Waals surface area contributed by atoms with Crippen LogP contribution in [0.2, 0.25) is 0 Å². The summed E-state index contributed by atoms with van der Waals surface area (Å²) in [5.41, 5.74) is 2.31. The average Bonchev–Trinajstić information content (AvgIpc) is 2.65. The third kappa shape index (κ3) is 6.63. The zero-order valence-corrected chi connectivity index (χ0v) is 15.3. The van der Waals surface area contributed by atoms with Gasteiger partial charge in [0.15, 0.2) is 0 Å². The van der Waals surface area contributed by atoms with E-state index in [2.05, 4.69) is 31.0 Å². The van der Waals surface area contributed by atoms with Crippen LogP contribution in [0.4, 0.5) is 0 Å². The molecule has 0 aromatic heterocycles. The van der Waals surface area contributed by atoms with Gasteiger partial charge in [0.2, 0.25) is 0 Å². The van der Waals surface area contributed by atoms with E-state index in [9.17, 15) is 0 Å². The van der Waals surface area contributed by atoms with Gasteiger partial charge in [0.05, 0.1) is 7.11 Å². The smallest absolute Gasteiger partial charge is 0.125 e. The Kier molecular flexibility index (Phi) is 8.06. The van der Waals surface area contributed by atoms with Gasteiger partial charge in [-0.1, -0.05) is 43.3 Å². The minimum absolute atomic E-state index is 0.503. The molecule has 0 bridgehead atoms. The van der Waals surface area contributed by atoms with Gasteiger partial charge in [0, 0.05) is 12.1 Å². The molecule has 0 heterocycles. The molecule has 25 heavy (non-hydrogen) atoms. The van der Waals surface area contributed by atoms with Crippen LogP contribution in [-0.4, -0.2) is 13.7 Å². The van der Waals surface area contributed by atoms with Gasteiger partial charge in [-0.25, -0.2) is 0 Å². The Morgan fingerprint density at radius 1 is 1.12 bits per heavy atom. The van der Waals surface area contributed by atoms with Crippen LogP contribution in [0, 0.1) is 5.92 Å². The maximum atomic E-state index is 5.86. The van der Waals surface area contributed by atoms with Gasteiger partial charge >= 0.3 is 0 Å². The summed E-state index contributed by atoms with van der Waals surface area (Å²) in [5, 5.41) is 3.49. The van der Waals surface area contributed by atoms with Crippen molar-refractivity contribution in [3.8, 4) is 11.5 Å². The standard InChI is InChI=1S/C22H29NO2/c1-4-7-18(2)14-15-23-16-19-10-12-21(13-11-19)25-17-20-8-5-6-9-22(20)24-3/h4-6,8-13,18,23H,1,7,14-17H2,2-3H3. The molecule has 0 spiro atoms. The van der Waals surface area contributed by atoms with E-state index in [1.165, 1.54) is 12.0 Å². The van der Waals surface area contributed by atoms with E-state index >= 15 is 0 Å². The molecular weight excluding hydrogens is 310 g/mol. The first-order chi connectivity index (χ1) is 12.2. The van der Waals surface area contributed by atoms with E-state index < -0.39 is 0 Å². The zero-order valence-electron chi connectivity index (χ0n) is 15.3. The van der Waals surface area contributed by atoms with E-state index in [1.54, 1.807) is 7.11 Å². The SMILES string of the molecule is C=CCC(C)CCNCc1ccc(OCc2ccccc2OC)cc1. The van der Waals surface area contributed by atoms with Gasteiger partial charge in [-0.2, -0.15) is 0 Å². The highest BCUT2D eigenvalue weighted by Crippen LogP contribution is 2.20. The Morgan fingerprint density at radius 3 is 2.60 bits per heavy atom. The van der Waals surface area contributed by atoms with Crippen molar-refractivity contribution in [3.05, 3.63) is 72.3 Å². The molecule has 0 radical (unpaired) electrons. The Morgan fingerprint density at radius 2 is 1.88 bits per heavy atom. The molecule has 0 amide bonds. The van der Waals surface area contributed by atoms with Gasteiger partial charge in [0.1, 0.15) is 18.1 Å². The van der Waals surface area contributed by atoms with Crippen LogP contribution in [0.1, 0.15) is 30.9 Å². The Balaban J connectivity index is 1.75. The van der Waals surface area contributed by atoms with Gasteiger partial charge in [-0.15, -0.1) is 6.58 Å². The van der Waals surface area contributed by atoms with E-state index in [-0.39, 0.29) is 0 Å². The Hall–Kier alpha value is -2.26. The molecule has 0 aliphatic heterocycles. The molecule has 1 atom stereocenters. The molecule has 3 heteroatoms. The van der Waals surface area contributed by atoms with Gasteiger partial charge in [0.25, 0.3) is 0 Å². The monoisotopic (exact) mass is 339 g/mol. The number of hydrogen-bond acceptors (Lipinski definition) is 3. The lowest BCUT2D eigenvalue weighted by atomic mass is 10.0. The molecule has 3 nitrogen and oxygen atoms in total. The quantitative estimate of drug-likeness (QED) is 0.463. The molecule has 2 aromatic rings. The van der Waals surface area contributed by atoms with Crippen LogP contribution in [0.25, 0.3) is 0 Å². The summed E-state index contributed by atoms with van der Waals surface area (Å²) in [6, 6.07) is 16.2. The first-order valence-electron chi connectivity index (χ1n) is 8.88. The molecule has 1 N–H and O–H groups in total. The molecule has 0 fully saturated rings. The molecule has 2 rings (SSSR count). The number of hydrogen-bond donors (Lipinski definition) is 1. The molecule has 0 saturated carbocycles. The van der Waals surface area contributed by atoms with Gasteiger partial charge < -0.3 is 14.8 Å². The van der Waals surface area contributed by atoms with E-state index in [4.69, 9.17) is 9.47 Å². The van der Waals surface area contributed by atoms with Crippen LogP contribution in [0.3, 0.4) is 0 Å². The third-order valence-electron chi connectivity index (χ3n) is 4.22. The van der Waals surface area contributed by atoms with Crippen molar-refractivity contribution >= 4 is 0 Å². The Labute approximate surface area is 151 Å². The van der Waals surface area contributed by atoms with Crippen molar-refractivity contribution in [2.45, 2.75) is 32.9 Å². The van der Waals surface area contributed by atoms with Crippen molar-refractivity contribution in [1.82, 2.24) is 5.32 Å². The highest BCUT2D eigenvalue weighted by atomic mass is 16.5. The predicted molar refractivity (Wildman–Crippen MR) is 104 cm³/mol. The number of nitrogens with one attached hydrogen (secondary N) is 1. The summed E-state index contributed by atoms with van der Waals surface area (Å²) in [6.07, 6.45) is 4.25. The summed E-state index contributed by atoms with van der Waals surface area (Å²) in [5.74, 6) is 2.42. The first-order valence-corrected chi connectivity index (χ1v) is 8.88. The zero-order chi connectivity index (χ0) is 17.9. The fourth-order valence-electron chi connectivity index (χ4n) is 2.67. The fourth-order valence-corrected chi connectivity index (χ4v) is 2.67. The summed E-state index contributed by atoms with van der Waals surface area (Å²) in [6.45, 7) is 8.46. The predicted octanol–water partition coefficient (Wildman–Crippen LogP) is 4.97. The van der Waals surface area contributed by atoms with Crippen LogP contribution >= 0.6 is 0 Å². The maximum absolute atomic E-state index is 5.86. The third-order valence-corrected chi connectivity index (χ3v) is 4.22. The lowest BCUT2D eigenvalue weighted by Crippen LogP contribution is -2.16. The first kappa shape index (κ1) is 19.1. The lowest BCUT2D eigenvalue weighted by Gasteiger charge is -2.11. The molecule has 0 aliphatic rings. The van der Waals surface area contributed by atoms with Crippen molar-refractivity contribution in [3.63, 3.8) is 0 Å². The number of methoxy groups -OCH3 is 1. The van der Waals surface area contributed by atoms with Crippen LogP contribution < -0.4 is 14.8 Å². The Bertz CT molecular complexity index is 637. The number of rotatable bonds is 11.